The molecule has 0 unspecified atom stereocenters. The zero-order chi connectivity index (χ0) is 24.8. The molecule has 4 rings (SSSR count). The Bertz CT molecular complexity index is 1350. The third-order valence-electron chi connectivity index (χ3n) is 4.92. The molecular weight excluding hydrogens is 451 g/mol. The van der Waals surface area contributed by atoms with Crippen LogP contribution in [0.25, 0.3) is 11.4 Å². The molecule has 0 fully saturated rings. The molecule has 0 aliphatic heterocycles. The van der Waals surface area contributed by atoms with E-state index in [1.54, 1.807) is 73.9 Å². The van der Waals surface area contributed by atoms with Crippen molar-refractivity contribution in [2.24, 2.45) is 0 Å². The first-order valence-corrected chi connectivity index (χ1v) is 10.9. The number of pyridine rings is 1. The van der Waals surface area contributed by atoms with Crippen LogP contribution in [0.1, 0.15) is 22.8 Å². The van der Waals surface area contributed by atoms with Gasteiger partial charge in [0.15, 0.2) is 0 Å². The molecule has 4 aromatic rings. The van der Waals surface area contributed by atoms with Gasteiger partial charge in [-0.05, 0) is 67.9 Å². The highest BCUT2D eigenvalue weighted by molar-refractivity contribution is 5.99. The van der Waals surface area contributed by atoms with Crippen molar-refractivity contribution in [1.29, 1.82) is 0 Å². The molecular formula is C26H23FN4O4. The van der Waals surface area contributed by atoms with E-state index in [4.69, 9.17) is 9.47 Å². The maximum absolute atomic E-state index is 13.8. The molecule has 2 aromatic heterocycles. The number of hydrogen-bond acceptors (Lipinski definition) is 5. The molecule has 0 bridgehead atoms. The van der Waals surface area contributed by atoms with Crippen LogP contribution in [0.5, 0.6) is 11.5 Å². The van der Waals surface area contributed by atoms with Crippen molar-refractivity contribution in [3.63, 3.8) is 0 Å². The van der Waals surface area contributed by atoms with E-state index in [9.17, 15) is 14.0 Å². The first-order valence-electron chi connectivity index (χ1n) is 10.9. The van der Waals surface area contributed by atoms with Crippen molar-refractivity contribution in [3.8, 4) is 22.9 Å². The van der Waals surface area contributed by atoms with Crippen LogP contribution in [0.15, 0.2) is 73.1 Å². The van der Waals surface area contributed by atoms with Crippen LogP contribution in [0.3, 0.4) is 0 Å². The monoisotopic (exact) mass is 474 g/mol. The van der Waals surface area contributed by atoms with Crippen molar-refractivity contribution >= 4 is 23.4 Å². The maximum atomic E-state index is 13.8. The number of nitrogens with zero attached hydrogens (tertiary/aromatic N) is 1. The van der Waals surface area contributed by atoms with Crippen LogP contribution in [0, 0.1) is 12.7 Å². The predicted octanol–water partition coefficient (Wildman–Crippen LogP) is 6.14. The molecule has 0 saturated heterocycles. The van der Waals surface area contributed by atoms with Crippen LogP contribution in [0.2, 0.25) is 0 Å². The van der Waals surface area contributed by atoms with E-state index >= 15 is 0 Å². The molecule has 0 atom stereocenters. The molecule has 0 aliphatic carbocycles. The van der Waals surface area contributed by atoms with Crippen LogP contribution in [-0.4, -0.2) is 28.6 Å². The fourth-order valence-electron chi connectivity index (χ4n) is 3.26. The Morgan fingerprint density at radius 3 is 2.57 bits per heavy atom. The Morgan fingerprint density at radius 2 is 1.80 bits per heavy atom. The first-order chi connectivity index (χ1) is 16.9. The zero-order valence-corrected chi connectivity index (χ0v) is 19.1. The van der Waals surface area contributed by atoms with Crippen LogP contribution in [-0.2, 0) is 4.74 Å². The van der Waals surface area contributed by atoms with Crippen molar-refractivity contribution in [2.75, 3.05) is 17.2 Å². The SMILES string of the molecule is CCOC(=O)c1c[nH]c(-c2cc(Oc3ccc(NC(=O)Nc4cc(C)ccc4F)cc3)ccn2)c1. The molecule has 8 nitrogen and oxygen atoms in total. The number of aryl methyl sites for hydroxylation is 1. The highest BCUT2D eigenvalue weighted by Gasteiger charge is 2.12. The number of benzene rings is 2. The van der Waals surface area contributed by atoms with Gasteiger partial charge in [-0.15, -0.1) is 0 Å². The number of anilines is 2. The molecule has 2 aromatic carbocycles. The van der Waals surface area contributed by atoms with Crippen LogP contribution >= 0.6 is 0 Å². The quantitative estimate of drug-likeness (QED) is 0.279. The molecule has 0 aliphatic rings. The average Bonchev–Trinajstić information content (AvgIpc) is 3.34. The first kappa shape index (κ1) is 23.5. The number of aromatic nitrogens is 2. The number of aromatic amines is 1. The van der Waals surface area contributed by atoms with E-state index in [1.807, 2.05) is 6.92 Å². The molecule has 3 N–H and O–H groups in total. The number of nitrogens with one attached hydrogen (secondary N) is 3. The van der Waals surface area contributed by atoms with Crippen molar-refractivity contribution in [1.82, 2.24) is 9.97 Å². The van der Waals surface area contributed by atoms with Gasteiger partial charge in [0.1, 0.15) is 17.3 Å². The smallest absolute Gasteiger partial charge is 0.339 e. The van der Waals surface area contributed by atoms with Crippen molar-refractivity contribution < 1.29 is 23.5 Å². The Kier molecular flexibility index (Phi) is 7.06. The number of hydrogen-bond donors (Lipinski definition) is 3. The van der Waals surface area contributed by atoms with Gasteiger partial charge in [0, 0.05) is 24.1 Å². The number of esters is 1. The zero-order valence-electron chi connectivity index (χ0n) is 19.1. The van der Waals surface area contributed by atoms with E-state index < -0.39 is 17.8 Å². The van der Waals surface area contributed by atoms with Crippen molar-refractivity contribution in [3.05, 3.63) is 90.0 Å². The number of urea groups is 1. The largest absolute Gasteiger partial charge is 0.462 e. The van der Waals surface area contributed by atoms with E-state index in [1.165, 1.54) is 6.07 Å². The summed E-state index contributed by atoms with van der Waals surface area (Å²) >= 11 is 0. The molecule has 0 spiro atoms. The summed E-state index contributed by atoms with van der Waals surface area (Å²) in [6.07, 6.45) is 3.16. The van der Waals surface area contributed by atoms with Gasteiger partial charge in [0.25, 0.3) is 0 Å². The number of rotatable bonds is 7. The second kappa shape index (κ2) is 10.5. The lowest BCUT2D eigenvalue weighted by molar-refractivity contribution is 0.0526. The number of amides is 2. The number of halogens is 1. The standard InChI is InChI=1S/C26H23FN4O4/c1-3-34-25(32)17-13-23(29-15-17)24-14-20(10-11-28-24)35-19-7-5-18(6-8-19)30-26(33)31-22-12-16(2)4-9-21(22)27/h4-15,29H,3H2,1-2H3,(H2,30,31,33). The van der Waals surface area contributed by atoms with Gasteiger partial charge in [0.2, 0.25) is 0 Å². The number of carbonyl (C=O) groups excluding carboxylic acids is 2. The van der Waals surface area contributed by atoms with Gasteiger partial charge in [-0.3, -0.25) is 4.98 Å². The molecule has 0 saturated carbocycles. The summed E-state index contributed by atoms with van der Waals surface area (Å²) in [4.78, 5) is 31.4. The summed E-state index contributed by atoms with van der Waals surface area (Å²) in [7, 11) is 0. The third kappa shape index (κ3) is 6.02. The van der Waals surface area contributed by atoms with Crippen molar-refractivity contribution in [2.45, 2.75) is 13.8 Å². The number of ether oxygens (including phenoxy) is 2. The molecule has 9 heteroatoms. The van der Waals surface area contributed by atoms with Gasteiger partial charge >= 0.3 is 12.0 Å². The normalized spacial score (nSPS) is 10.5. The highest BCUT2D eigenvalue weighted by atomic mass is 19.1. The van der Waals surface area contributed by atoms with E-state index in [2.05, 4.69) is 20.6 Å². The minimum absolute atomic E-state index is 0.104. The maximum Gasteiger partial charge on any atom is 0.339 e. The lowest BCUT2D eigenvalue weighted by Gasteiger charge is -2.10. The minimum Gasteiger partial charge on any atom is -0.462 e. The fourth-order valence-corrected chi connectivity index (χ4v) is 3.26. The lowest BCUT2D eigenvalue weighted by Crippen LogP contribution is -2.20. The predicted molar refractivity (Wildman–Crippen MR) is 130 cm³/mol. The summed E-state index contributed by atoms with van der Waals surface area (Å²) < 4.78 is 24.7. The van der Waals surface area contributed by atoms with E-state index in [-0.39, 0.29) is 5.69 Å². The van der Waals surface area contributed by atoms with E-state index in [0.29, 0.717) is 40.7 Å². The average molecular weight is 474 g/mol. The second-order valence-electron chi connectivity index (χ2n) is 7.59. The van der Waals surface area contributed by atoms with Crippen LogP contribution in [0.4, 0.5) is 20.6 Å². The molecule has 2 amide bonds. The minimum atomic E-state index is -0.560. The Labute approximate surface area is 201 Å². The van der Waals surface area contributed by atoms with Gasteiger partial charge in [-0.1, -0.05) is 6.07 Å². The summed E-state index contributed by atoms with van der Waals surface area (Å²) in [6.45, 7) is 3.86. The summed E-state index contributed by atoms with van der Waals surface area (Å²) in [5.74, 6) is 0.156. The molecule has 178 valence electrons. The second-order valence-corrected chi connectivity index (χ2v) is 7.59. The molecule has 2 heterocycles. The van der Waals surface area contributed by atoms with Gasteiger partial charge in [-0.25, -0.2) is 14.0 Å². The summed E-state index contributed by atoms with van der Waals surface area (Å²) in [5.41, 5.74) is 3.10. The Hall–Kier alpha value is -4.66. The summed E-state index contributed by atoms with van der Waals surface area (Å²) in [5, 5.41) is 5.15. The molecule has 35 heavy (non-hydrogen) atoms. The molecule has 0 radical (unpaired) electrons. The summed E-state index contributed by atoms with van der Waals surface area (Å²) in [6, 6.07) is 15.7. The van der Waals surface area contributed by atoms with Crippen LogP contribution < -0.4 is 15.4 Å². The highest BCUT2D eigenvalue weighted by Crippen LogP contribution is 2.27. The number of H-pyrrole nitrogens is 1. The lowest BCUT2D eigenvalue weighted by atomic mass is 10.2. The number of carbonyl (C=O) groups is 2. The van der Waals surface area contributed by atoms with Gasteiger partial charge in [0.05, 0.1) is 29.2 Å². The van der Waals surface area contributed by atoms with E-state index in [0.717, 1.165) is 5.56 Å². The van der Waals surface area contributed by atoms with Gasteiger partial charge in [-0.2, -0.15) is 0 Å². The van der Waals surface area contributed by atoms with Gasteiger partial charge < -0.3 is 25.1 Å². The Morgan fingerprint density at radius 1 is 1.00 bits per heavy atom. The fraction of sp³-hybridized carbons (Fsp3) is 0.115. The topological polar surface area (TPSA) is 105 Å². The third-order valence-corrected chi connectivity index (χ3v) is 4.92. The Balaban J connectivity index is 1.38.